The van der Waals surface area contributed by atoms with E-state index in [9.17, 15) is 14.3 Å². The Balaban J connectivity index is 2.65. The quantitative estimate of drug-likeness (QED) is 0.741. The Labute approximate surface area is 94.1 Å². The fourth-order valence-corrected chi connectivity index (χ4v) is 1.30. The van der Waals surface area contributed by atoms with E-state index in [4.69, 9.17) is 9.84 Å². The molecule has 0 aliphatic carbocycles. The van der Waals surface area contributed by atoms with Gasteiger partial charge in [0.25, 0.3) is 11.8 Å². The first kappa shape index (κ1) is 11.1. The van der Waals surface area contributed by atoms with Crippen molar-refractivity contribution < 1.29 is 24.1 Å². The van der Waals surface area contributed by atoms with Gasteiger partial charge in [-0.3, -0.25) is 0 Å². The van der Waals surface area contributed by atoms with Crippen molar-refractivity contribution in [1.29, 1.82) is 0 Å². The zero-order valence-electron chi connectivity index (χ0n) is 8.71. The third kappa shape index (κ3) is 1.63. The summed E-state index contributed by atoms with van der Waals surface area (Å²) in [7, 11) is 0. The molecule has 2 rings (SSSR count). The van der Waals surface area contributed by atoms with Crippen LogP contribution < -0.4 is 0 Å². The fraction of sp³-hybridized carbons (Fsp3) is 0.222. The standard InChI is InChI=1S/C9H8FN3O4/c1-2-17-9(16)4-3-11-13-6(4)12-7(14)5(10)8(13)15/h3,15H,2H2,1H3,(H,12,14). The van der Waals surface area contributed by atoms with E-state index in [1.165, 1.54) is 0 Å². The lowest BCUT2D eigenvalue weighted by Gasteiger charge is -2.02. The molecular formula is C9H8FN3O4. The van der Waals surface area contributed by atoms with Crippen LogP contribution in [-0.2, 0) is 4.74 Å². The summed E-state index contributed by atoms with van der Waals surface area (Å²) in [5, 5.41) is 22.0. The first-order valence-electron chi connectivity index (χ1n) is 4.68. The van der Waals surface area contributed by atoms with Crippen LogP contribution in [0.15, 0.2) is 6.20 Å². The molecule has 0 amide bonds. The highest BCUT2D eigenvalue weighted by Crippen LogP contribution is 2.25. The summed E-state index contributed by atoms with van der Waals surface area (Å²) in [6.45, 7) is 1.76. The Hall–Kier alpha value is -2.38. The average molecular weight is 241 g/mol. The lowest BCUT2D eigenvalue weighted by Crippen LogP contribution is -2.05. The summed E-state index contributed by atoms with van der Waals surface area (Å²) in [6, 6.07) is 0. The van der Waals surface area contributed by atoms with Crippen LogP contribution in [0.5, 0.6) is 11.8 Å². The molecule has 0 radical (unpaired) electrons. The van der Waals surface area contributed by atoms with E-state index in [2.05, 4.69) is 10.1 Å². The number of carbonyl (C=O) groups excluding carboxylic acids is 1. The third-order valence-electron chi connectivity index (χ3n) is 2.04. The SMILES string of the molecule is CCOC(=O)c1cnn2c(O)c(F)c(O)nc12. The van der Waals surface area contributed by atoms with Gasteiger partial charge in [0.05, 0.1) is 12.8 Å². The molecule has 2 heterocycles. The Morgan fingerprint density at radius 1 is 1.59 bits per heavy atom. The van der Waals surface area contributed by atoms with Gasteiger partial charge >= 0.3 is 5.97 Å². The first-order valence-corrected chi connectivity index (χ1v) is 4.68. The normalized spacial score (nSPS) is 10.7. The second-order valence-corrected chi connectivity index (χ2v) is 3.09. The number of ether oxygens (including phenoxy) is 1. The van der Waals surface area contributed by atoms with Gasteiger partial charge in [0.1, 0.15) is 5.56 Å². The summed E-state index contributed by atoms with van der Waals surface area (Å²) in [6.07, 6.45) is 1.07. The van der Waals surface area contributed by atoms with E-state index >= 15 is 0 Å². The molecule has 0 aliphatic rings. The van der Waals surface area contributed by atoms with Crippen LogP contribution in [0.25, 0.3) is 5.65 Å². The second-order valence-electron chi connectivity index (χ2n) is 3.09. The van der Waals surface area contributed by atoms with Crippen molar-refractivity contribution >= 4 is 11.6 Å². The van der Waals surface area contributed by atoms with Gasteiger partial charge in [-0.25, -0.2) is 4.79 Å². The van der Waals surface area contributed by atoms with Gasteiger partial charge in [0, 0.05) is 0 Å². The van der Waals surface area contributed by atoms with Crippen LogP contribution in [-0.4, -0.2) is 37.4 Å². The van der Waals surface area contributed by atoms with Gasteiger partial charge in [-0.2, -0.15) is 19.0 Å². The number of rotatable bonds is 2. The molecule has 2 N–H and O–H groups in total. The molecule has 0 aliphatic heterocycles. The predicted molar refractivity (Wildman–Crippen MR) is 52.2 cm³/mol. The number of aromatic nitrogens is 3. The maximum Gasteiger partial charge on any atom is 0.343 e. The van der Waals surface area contributed by atoms with Gasteiger partial charge in [0.15, 0.2) is 5.65 Å². The van der Waals surface area contributed by atoms with Gasteiger partial charge in [-0.05, 0) is 6.92 Å². The Bertz CT molecular complexity index is 595. The van der Waals surface area contributed by atoms with E-state index in [1.54, 1.807) is 6.92 Å². The van der Waals surface area contributed by atoms with E-state index in [-0.39, 0.29) is 17.8 Å². The molecule has 17 heavy (non-hydrogen) atoms. The van der Waals surface area contributed by atoms with E-state index in [0.29, 0.717) is 4.52 Å². The van der Waals surface area contributed by atoms with Crippen molar-refractivity contribution in [3.8, 4) is 11.8 Å². The maximum atomic E-state index is 13.1. The van der Waals surface area contributed by atoms with Gasteiger partial charge in [-0.15, -0.1) is 0 Å². The highest BCUT2D eigenvalue weighted by atomic mass is 19.1. The Morgan fingerprint density at radius 2 is 2.29 bits per heavy atom. The first-order chi connectivity index (χ1) is 8.06. The molecule has 0 saturated carbocycles. The molecule has 8 heteroatoms. The summed E-state index contributed by atoms with van der Waals surface area (Å²) in [5.74, 6) is -3.97. The number of esters is 1. The Kier molecular flexibility index (Phi) is 2.54. The molecule has 2 aromatic rings. The molecule has 0 aromatic carbocycles. The van der Waals surface area contributed by atoms with E-state index in [0.717, 1.165) is 6.20 Å². The summed E-state index contributed by atoms with van der Waals surface area (Å²) in [5.41, 5.74) is -0.252. The molecular weight excluding hydrogens is 233 g/mol. The molecule has 2 aromatic heterocycles. The van der Waals surface area contributed by atoms with Crippen molar-refractivity contribution in [2.24, 2.45) is 0 Å². The zero-order chi connectivity index (χ0) is 12.6. The number of carbonyl (C=O) groups is 1. The third-order valence-corrected chi connectivity index (χ3v) is 2.04. The molecule has 0 unspecified atom stereocenters. The van der Waals surface area contributed by atoms with Crippen LogP contribution in [0.3, 0.4) is 0 Å². The van der Waals surface area contributed by atoms with Crippen molar-refractivity contribution in [1.82, 2.24) is 14.6 Å². The van der Waals surface area contributed by atoms with Crippen molar-refractivity contribution in [3.05, 3.63) is 17.6 Å². The number of hydrogen-bond donors (Lipinski definition) is 2. The van der Waals surface area contributed by atoms with Crippen molar-refractivity contribution in [2.45, 2.75) is 6.92 Å². The largest absolute Gasteiger partial charge is 0.491 e. The fourth-order valence-electron chi connectivity index (χ4n) is 1.30. The van der Waals surface area contributed by atoms with Gasteiger partial charge < -0.3 is 14.9 Å². The number of aromatic hydroxyl groups is 2. The summed E-state index contributed by atoms with van der Waals surface area (Å²) in [4.78, 5) is 14.9. The average Bonchev–Trinajstić information content (AvgIpc) is 2.70. The van der Waals surface area contributed by atoms with Crippen molar-refractivity contribution in [3.63, 3.8) is 0 Å². The van der Waals surface area contributed by atoms with Crippen LogP contribution in [0.4, 0.5) is 4.39 Å². The lowest BCUT2D eigenvalue weighted by molar-refractivity contribution is 0.0528. The van der Waals surface area contributed by atoms with Crippen LogP contribution in [0.2, 0.25) is 0 Å². The second kappa shape index (κ2) is 3.89. The van der Waals surface area contributed by atoms with Gasteiger partial charge in [0.2, 0.25) is 5.82 Å². The minimum atomic E-state index is -1.31. The molecule has 7 nitrogen and oxygen atoms in total. The molecule has 0 fully saturated rings. The number of hydrogen-bond acceptors (Lipinski definition) is 6. The van der Waals surface area contributed by atoms with Crippen molar-refractivity contribution in [2.75, 3.05) is 6.61 Å². The van der Waals surface area contributed by atoms with Crippen LogP contribution >= 0.6 is 0 Å². The van der Waals surface area contributed by atoms with Crippen LogP contribution in [0, 0.1) is 5.82 Å². The number of fused-ring (bicyclic) bond motifs is 1. The lowest BCUT2D eigenvalue weighted by atomic mass is 10.3. The summed E-state index contributed by atoms with van der Waals surface area (Å²) < 4.78 is 18.5. The molecule has 0 saturated heterocycles. The minimum absolute atomic E-state index is 0.0718. The number of nitrogens with zero attached hydrogens (tertiary/aromatic N) is 3. The van der Waals surface area contributed by atoms with E-state index < -0.39 is 23.5 Å². The highest BCUT2D eigenvalue weighted by Gasteiger charge is 2.21. The summed E-state index contributed by atoms with van der Waals surface area (Å²) >= 11 is 0. The smallest absolute Gasteiger partial charge is 0.343 e. The van der Waals surface area contributed by atoms with Crippen LogP contribution in [0.1, 0.15) is 17.3 Å². The Morgan fingerprint density at radius 3 is 2.94 bits per heavy atom. The minimum Gasteiger partial charge on any atom is -0.491 e. The predicted octanol–water partition coefficient (Wildman–Crippen LogP) is 0.456. The van der Waals surface area contributed by atoms with E-state index in [1.807, 2.05) is 0 Å². The zero-order valence-corrected chi connectivity index (χ0v) is 8.71. The highest BCUT2D eigenvalue weighted by molar-refractivity contribution is 5.95. The topological polar surface area (TPSA) is 97.0 Å². The maximum absolute atomic E-state index is 13.1. The molecule has 0 spiro atoms. The molecule has 0 bridgehead atoms. The molecule has 0 atom stereocenters. The van der Waals surface area contributed by atoms with Gasteiger partial charge in [-0.1, -0.05) is 0 Å². The monoisotopic (exact) mass is 241 g/mol. The molecule has 90 valence electrons. The number of halogens is 1.